The Morgan fingerprint density at radius 1 is 1.19 bits per heavy atom. The lowest BCUT2D eigenvalue weighted by Gasteiger charge is -2.17. The van der Waals surface area contributed by atoms with Crippen LogP contribution < -0.4 is 4.31 Å². The Morgan fingerprint density at radius 2 is 1.92 bits per heavy atom. The number of hydrogen-bond acceptors (Lipinski definition) is 5. The molecule has 1 aliphatic heterocycles. The van der Waals surface area contributed by atoms with Gasteiger partial charge in [0, 0.05) is 24.9 Å². The van der Waals surface area contributed by atoms with Gasteiger partial charge in [-0.15, -0.1) is 11.3 Å². The lowest BCUT2D eigenvalue weighted by Crippen LogP contribution is -2.26. The number of thiazole rings is 1. The third-order valence-corrected chi connectivity index (χ3v) is 7.09. The van der Waals surface area contributed by atoms with Crippen molar-refractivity contribution in [1.82, 2.24) is 9.88 Å². The SMILES string of the molecule is CN(C)C(=O)Cc1nc(CN2c3cccc4cccc(c34)S2(=O)=O)cs1. The Labute approximate surface area is 155 Å². The van der Waals surface area contributed by atoms with Crippen molar-refractivity contribution in [3.05, 3.63) is 52.5 Å². The normalized spacial score (nSPS) is 14.8. The van der Waals surface area contributed by atoms with Crippen LogP contribution in [0.2, 0.25) is 0 Å². The molecule has 2 heterocycles. The number of benzene rings is 2. The Balaban J connectivity index is 1.67. The molecular formula is C18H17N3O3S2. The largest absolute Gasteiger partial charge is 0.348 e. The number of amides is 1. The molecule has 2 aromatic carbocycles. The molecule has 6 nitrogen and oxygen atoms in total. The fourth-order valence-corrected chi connectivity index (χ4v) is 5.52. The van der Waals surface area contributed by atoms with Gasteiger partial charge in [0.25, 0.3) is 10.0 Å². The van der Waals surface area contributed by atoms with Gasteiger partial charge in [0.05, 0.1) is 29.2 Å². The summed E-state index contributed by atoms with van der Waals surface area (Å²) in [5.74, 6) is -0.0307. The van der Waals surface area contributed by atoms with Crippen LogP contribution in [0.15, 0.2) is 46.7 Å². The number of carbonyl (C=O) groups is 1. The summed E-state index contributed by atoms with van der Waals surface area (Å²) >= 11 is 1.38. The van der Waals surface area contributed by atoms with Gasteiger partial charge in [0.15, 0.2) is 0 Å². The molecule has 0 saturated heterocycles. The lowest BCUT2D eigenvalue weighted by molar-refractivity contribution is -0.127. The summed E-state index contributed by atoms with van der Waals surface area (Å²) in [6.45, 7) is 0.156. The highest BCUT2D eigenvalue weighted by Crippen LogP contribution is 2.42. The molecule has 8 heteroatoms. The molecule has 1 aromatic heterocycles. The summed E-state index contributed by atoms with van der Waals surface area (Å²) in [6, 6.07) is 10.9. The molecule has 0 atom stereocenters. The maximum atomic E-state index is 13.0. The van der Waals surface area contributed by atoms with Crippen LogP contribution in [0.1, 0.15) is 10.7 Å². The molecule has 0 bridgehead atoms. The minimum atomic E-state index is -3.60. The number of likely N-dealkylation sites (N-methyl/N-ethyl adjacent to an activating group) is 1. The molecule has 0 aliphatic carbocycles. The minimum absolute atomic E-state index is 0.0307. The van der Waals surface area contributed by atoms with Crippen molar-refractivity contribution in [2.45, 2.75) is 17.9 Å². The van der Waals surface area contributed by atoms with Gasteiger partial charge in [-0.05, 0) is 17.5 Å². The van der Waals surface area contributed by atoms with Crippen molar-refractivity contribution >= 4 is 43.7 Å². The van der Waals surface area contributed by atoms with Crippen LogP contribution in [-0.2, 0) is 27.8 Å². The van der Waals surface area contributed by atoms with E-state index in [9.17, 15) is 13.2 Å². The number of hydrogen-bond donors (Lipinski definition) is 0. The van der Waals surface area contributed by atoms with Crippen molar-refractivity contribution in [3.8, 4) is 0 Å². The molecule has 3 aromatic rings. The molecule has 26 heavy (non-hydrogen) atoms. The summed E-state index contributed by atoms with van der Waals surface area (Å²) in [7, 11) is -0.201. The number of sulfonamides is 1. The van der Waals surface area contributed by atoms with Crippen molar-refractivity contribution in [2.24, 2.45) is 0 Å². The Hall–Kier alpha value is -2.45. The van der Waals surface area contributed by atoms with Crippen molar-refractivity contribution < 1.29 is 13.2 Å². The van der Waals surface area contributed by atoms with Gasteiger partial charge in [-0.3, -0.25) is 9.10 Å². The molecule has 1 aliphatic rings. The zero-order valence-electron chi connectivity index (χ0n) is 14.3. The van der Waals surface area contributed by atoms with Crippen molar-refractivity contribution in [2.75, 3.05) is 18.4 Å². The molecule has 0 N–H and O–H groups in total. The van der Waals surface area contributed by atoms with Gasteiger partial charge in [-0.1, -0.05) is 24.3 Å². The average molecular weight is 387 g/mol. The van der Waals surface area contributed by atoms with E-state index in [0.29, 0.717) is 21.3 Å². The quantitative estimate of drug-likeness (QED) is 0.690. The first-order chi connectivity index (χ1) is 12.4. The third kappa shape index (κ3) is 2.65. The Kier molecular flexibility index (Phi) is 3.96. The van der Waals surface area contributed by atoms with Crippen molar-refractivity contribution in [1.29, 1.82) is 0 Å². The monoisotopic (exact) mass is 387 g/mol. The molecule has 0 spiro atoms. The summed E-state index contributed by atoms with van der Waals surface area (Å²) < 4.78 is 27.4. The minimum Gasteiger partial charge on any atom is -0.348 e. The van der Waals surface area contributed by atoms with Crippen LogP contribution in [-0.4, -0.2) is 38.3 Å². The van der Waals surface area contributed by atoms with Crippen LogP contribution in [0.3, 0.4) is 0 Å². The first-order valence-corrected chi connectivity index (χ1v) is 10.4. The fraction of sp³-hybridized carbons (Fsp3) is 0.222. The lowest BCUT2D eigenvalue weighted by atomic mass is 10.1. The van der Waals surface area contributed by atoms with Crippen molar-refractivity contribution in [3.63, 3.8) is 0 Å². The van der Waals surface area contributed by atoms with Crippen LogP contribution in [0.5, 0.6) is 0 Å². The van der Waals surface area contributed by atoms with E-state index in [2.05, 4.69) is 4.98 Å². The van der Waals surface area contributed by atoms with E-state index in [1.165, 1.54) is 20.5 Å². The van der Waals surface area contributed by atoms with E-state index in [0.717, 1.165) is 10.8 Å². The van der Waals surface area contributed by atoms with Crippen LogP contribution in [0, 0.1) is 0 Å². The van der Waals surface area contributed by atoms with E-state index in [1.54, 1.807) is 26.2 Å². The highest BCUT2D eigenvalue weighted by atomic mass is 32.2. The molecule has 0 radical (unpaired) electrons. The number of nitrogens with zero attached hydrogens (tertiary/aromatic N) is 3. The number of aromatic nitrogens is 1. The predicted molar refractivity (Wildman–Crippen MR) is 102 cm³/mol. The summed E-state index contributed by atoms with van der Waals surface area (Å²) in [5.41, 5.74) is 1.32. The Morgan fingerprint density at radius 3 is 2.65 bits per heavy atom. The highest BCUT2D eigenvalue weighted by molar-refractivity contribution is 7.93. The van der Waals surface area contributed by atoms with E-state index < -0.39 is 10.0 Å². The molecule has 1 amide bonds. The number of rotatable bonds is 4. The second-order valence-electron chi connectivity index (χ2n) is 6.34. The van der Waals surface area contributed by atoms with Gasteiger partial charge in [-0.25, -0.2) is 13.4 Å². The highest BCUT2D eigenvalue weighted by Gasteiger charge is 2.35. The third-order valence-electron chi connectivity index (χ3n) is 4.39. The number of anilines is 1. The topological polar surface area (TPSA) is 70.6 Å². The second-order valence-corrected chi connectivity index (χ2v) is 9.11. The van der Waals surface area contributed by atoms with Crippen LogP contribution >= 0.6 is 11.3 Å². The smallest absolute Gasteiger partial charge is 0.265 e. The standard InChI is InChI=1S/C18H17N3O3S2/c1-20(2)17(22)9-16-19-13(11-25-16)10-21-14-7-3-5-12-6-4-8-15(18(12)14)26(21,23)24/h3-8,11H,9-10H2,1-2H3. The summed E-state index contributed by atoms with van der Waals surface area (Å²) in [4.78, 5) is 18.1. The van der Waals surface area contributed by atoms with Gasteiger partial charge >= 0.3 is 0 Å². The summed E-state index contributed by atoms with van der Waals surface area (Å²) in [6.07, 6.45) is 0.222. The molecule has 0 fully saturated rings. The van der Waals surface area contributed by atoms with Gasteiger partial charge < -0.3 is 4.90 Å². The second kappa shape index (κ2) is 6.07. The van der Waals surface area contributed by atoms with Gasteiger partial charge in [-0.2, -0.15) is 0 Å². The average Bonchev–Trinajstić information content (AvgIpc) is 3.13. The van der Waals surface area contributed by atoms with E-state index >= 15 is 0 Å². The van der Waals surface area contributed by atoms with E-state index in [1.807, 2.05) is 29.6 Å². The number of carbonyl (C=O) groups excluding carboxylic acids is 1. The van der Waals surface area contributed by atoms with Gasteiger partial charge in [0.2, 0.25) is 5.91 Å². The van der Waals surface area contributed by atoms with Gasteiger partial charge in [0.1, 0.15) is 5.01 Å². The van der Waals surface area contributed by atoms with Crippen LogP contribution in [0.4, 0.5) is 5.69 Å². The molecule has 4 rings (SSSR count). The maximum Gasteiger partial charge on any atom is 0.265 e. The fourth-order valence-electron chi connectivity index (χ4n) is 3.07. The Bertz CT molecular complexity index is 1110. The maximum absolute atomic E-state index is 13.0. The molecular weight excluding hydrogens is 370 g/mol. The van der Waals surface area contributed by atoms with E-state index in [-0.39, 0.29) is 18.9 Å². The predicted octanol–water partition coefficient (Wildman–Crippen LogP) is 2.64. The zero-order valence-corrected chi connectivity index (χ0v) is 16.0. The van der Waals surface area contributed by atoms with E-state index in [4.69, 9.17) is 0 Å². The first-order valence-electron chi connectivity index (χ1n) is 8.06. The summed E-state index contributed by atoms with van der Waals surface area (Å²) in [5, 5.41) is 4.16. The zero-order chi connectivity index (χ0) is 18.5. The van der Waals surface area contributed by atoms with Crippen LogP contribution in [0.25, 0.3) is 10.8 Å². The molecule has 0 saturated carbocycles. The molecule has 134 valence electrons. The first kappa shape index (κ1) is 17.0. The molecule has 0 unspecified atom stereocenters.